The van der Waals surface area contributed by atoms with E-state index in [1.807, 2.05) is 24.3 Å². The summed E-state index contributed by atoms with van der Waals surface area (Å²) in [4.78, 5) is 8.39. The van der Waals surface area contributed by atoms with Crippen molar-refractivity contribution in [2.24, 2.45) is 0 Å². The average Bonchev–Trinajstić information content (AvgIpc) is 2.37. The molecule has 2 aromatic rings. The summed E-state index contributed by atoms with van der Waals surface area (Å²) in [5.74, 6) is 1.59. The van der Waals surface area contributed by atoms with Crippen molar-refractivity contribution in [3.05, 3.63) is 35.5 Å². The number of hydrogen-bond acceptors (Lipinski definition) is 4. The van der Waals surface area contributed by atoms with Gasteiger partial charge in [-0.1, -0.05) is 23.7 Å². The summed E-state index contributed by atoms with van der Waals surface area (Å²) in [6.45, 7) is 0. The Labute approximate surface area is 104 Å². The van der Waals surface area contributed by atoms with Crippen LogP contribution in [0.1, 0.15) is 0 Å². The zero-order chi connectivity index (χ0) is 12.3. The van der Waals surface area contributed by atoms with Gasteiger partial charge in [-0.2, -0.15) is 4.98 Å². The number of halogens is 1. The van der Waals surface area contributed by atoms with E-state index in [1.54, 1.807) is 13.2 Å². The molecule has 0 radical (unpaired) electrons. The Bertz CT molecular complexity index is 532. The molecule has 0 aliphatic heterocycles. The molecule has 0 fully saturated rings. The van der Waals surface area contributed by atoms with E-state index in [9.17, 15) is 0 Å². The van der Waals surface area contributed by atoms with Gasteiger partial charge in [0.1, 0.15) is 10.9 Å². The van der Waals surface area contributed by atoms with Crippen LogP contribution in [0.25, 0.3) is 11.4 Å². The van der Waals surface area contributed by atoms with Crippen LogP contribution in [0.15, 0.2) is 30.3 Å². The number of para-hydroxylation sites is 1. The lowest BCUT2D eigenvalue weighted by molar-refractivity contribution is 0.397. The van der Waals surface area contributed by atoms with E-state index in [0.717, 1.165) is 5.56 Å². The Balaban J connectivity index is 2.55. The summed E-state index contributed by atoms with van der Waals surface area (Å²) in [5, 5.41) is 0.331. The Morgan fingerprint density at radius 2 is 1.82 bits per heavy atom. The molecule has 1 aromatic carbocycles. The fourth-order valence-electron chi connectivity index (χ4n) is 1.45. The van der Waals surface area contributed by atoms with Crippen molar-refractivity contribution in [1.82, 2.24) is 9.97 Å². The van der Waals surface area contributed by atoms with Crippen LogP contribution in [-0.2, 0) is 0 Å². The van der Waals surface area contributed by atoms with Gasteiger partial charge in [0.05, 0.1) is 19.8 Å². The van der Waals surface area contributed by atoms with Crippen molar-refractivity contribution < 1.29 is 9.47 Å². The van der Waals surface area contributed by atoms with Crippen LogP contribution in [0.4, 0.5) is 0 Å². The minimum atomic E-state index is 0.331. The van der Waals surface area contributed by atoms with Crippen molar-refractivity contribution in [2.75, 3.05) is 14.2 Å². The summed E-state index contributed by atoms with van der Waals surface area (Å²) < 4.78 is 10.3. The maximum Gasteiger partial charge on any atom is 0.218 e. The average molecular weight is 251 g/mol. The molecular formula is C12H11ClN2O2. The van der Waals surface area contributed by atoms with Gasteiger partial charge in [-0.3, -0.25) is 0 Å². The predicted octanol–water partition coefficient (Wildman–Crippen LogP) is 2.81. The molecule has 0 saturated heterocycles. The SMILES string of the molecule is COc1cc(Cl)nc(-c2ccccc2OC)n1. The molecule has 0 aliphatic carbocycles. The van der Waals surface area contributed by atoms with Crippen molar-refractivity contribution >= 4 is 11.6 Å². The molecule has 0 bridgehead atoms. The summed E-state index contributed by atoms with van der Waals surface area (Å²) >= 11 is 5.90. The van der Waals surface area contributed by atoms with Crippen LogP contribution < -0.4 is 9.47 Å². The van der Waals surface area contributed by atoms with Gasteiger partial charge in [-0.05, 0) is 12.1 Å². The van der Waals surface area contributed by atoms with Gasteiger partial charge >= 0.3 is 0 Å². The van der Waals surface area contributed by atoms with Gasteiger partial charge in [0.2, 0.25) is 5.88 Å². The van der Waals surface area contributed by atoms with E-state index >= 15 is 0 Å². The van der Waals surface area contributed by atoms with E-state index in [4.69, 9.17) is 21.1 Å². The van der Waals surface area contributed by atoms with Crippen LogP contribution in [0.3, 0.4) is 0 Å². The summed E-state index contributed by atoms with van der Waals surface area (Å²) in [6, 6.07) is 9.02. The highest BCUT2D eigenvalue weighted by Crippen LogP contribution is 2.28. The zero-order valence-electron chi connectivity index (χ0n) is 9.48. The van der Waals surface area contributed by atoms with Crippen molar-refractivity contribution in [1.29, 1.82) is 0 Å². The first kappa shape index (κ1) is 11.7. The first-order valence-electron chi connectivity index (χ1n) is 4.96. The molecule has 0 N–H and O–H groups in total. The Hall–Kier alpha value is -1.81. The number of hydrogen-bond donors (Lipinski definition) is 0. The van der Waals surface area contributed by atoms with Crippen LogP contribution in [0.2, 0.25) is 5.15 Å². The Morgan fingerprint density at radius 3 is 2.53 bits per heavy atom. The predicted molar refractivity (Wildman–Crippen MR) is 65.6 cm³/mol. The molecule has 88 valence electrons. The molecule has 17 heavy (non-hydrogen) atoms. The number of methoxy groups -OCH3 is 2. The fourth-order valence-corrected chi connectivity index (χ4v) is 1.62. The highest BCUT2D eigenvalue weighted by atomic mass is 35.5. The molecule has 5 heteroatoms. The molecule has 1 heterocycles. The van der Waals surface area contributed by atoms with E-state index in [1.165, 1.54) is 7.11 Å². The number of nitrogens with zero attached hydrogens (tertiary/aromatic N) is 2. The minimum Gasteiger partial charge on any atom is -0.496 e. The molecule has 2 rings (SSSR count). The molecule has 0 amide bonds. The molecule has 0 saturated carbocycles. The largest absolute Gasteiger partial charge is 0.496 e. The topological polar surface area (TPSA) is 44.2 Å². The zero-order valence-corrected chi connectivity index (χ0v) is 10.2. The summed E-state index contributed by atoms with van der Waals surface area (Å²) in [7, 11) is 3.13. The van der Waals surface area contributed by atoms with Gasteiger partial charge in [0.25, 0.3) is 0 Å². The number of rotatable bonds is 3. The summed E-state index contributed by atoms with van der Waals surface area (Å²) in [6.07, 6.45) is 0. The lowest BCUT2D eigenvalue weighted by atomic mass is 10.2. The van der Waals surface area contributed by atoms with E-state index < -0.39 is 0 Å². The Kier molecular flexibility index (Phi) is 3.44. The molecule has 4 nitrogen and oxygen atoms in total. The molecule has 0 spiro atoms. The smallest absolute Gasteiger partial charge is 0.218 e. The van der Waals surface area contributed by atoms with E-state index in [2.05, 4.69) is 9.97 Å². The van der Waals surface area contributed by atoms with Gasteiger partial charge in [-0.25, -0.2) is 4.98 Å². The normalized spacial score (nSPS) is 10.1. The highest BCUT2D eigenvalue weighted by Gasteiger charge is 2.10. The van der Waals surface area contributed by atoms with Gasteiger partial charge in [-0.15, -0.1) is 0 Å². The van der Waals surface area contributed by atoms with Crippen LogP contribution >= 0.6 is 11.6 Å². The first-order chi connectivity index (χ1) is 8.24. The quantitative estimate of drug-likeness (QED) is 0.786. The third-order valence-electron chi connectivity index (χ3n) is 2.23. The van der Waals surface area contributed by atoms with Crippen molar-refractivity contribution in [2.45, 2.75) is 0 Å². The third kappa shape index (κ3) is 2.47. The van der Waals surface area contributed by atoms with Crippen molar-refractivity contribution in [3.8, 4) is 23.0 Å². The standard InChI is InChI=1S/C12H11ClN2O2/c1-16-9-6-4-3-5-8(9)12-14-10(13)7-11(15-12)17-2/h3-7H,1-2H3. The molecule has 1 aromatic heterocycles. The minimum absolute atomic E-state index is 0.331. The van der Waals surface area contributed by atoms with Crippen molar-refractivity contribution in [3.63, 3.8) is 0 Å². The molecular weight excluding hydrogens is 240 g/mol. The second-order valence-corrected chi connectivity index (χ2v) is 3.64. The number of ether oxygens (including phenoxy) is 2. The highest BCUT2D eigenvalue weighted by molar-refractivity contribution is 6.29. The second-order valence-electron chi connectivity index (χ2n) is 3.26. The molecule has 0 atom stereocenters. The van der Waals surface area contributed by atoms with E-state index in [-0.39, 0.29) is 0 Å². The lowest BCUT2D eigenvalue weighted by Gasteiger charge is -2.08. The van der Waals surface area contributed by atoms with Gasteiger partial charge < -0.3 is 9.47 Å². The second kappa shape index (κ2) is 5.01. The van der Waals surface area contributed by atoms with Crippen LogP contribution in [0, 0.1) is 0 Å². The third-order valence-corrected chi connectivity index (χ3v) is 2.42. The van der Waals surface area contributed by atoms with Crippen LogP contribution in [0.5, 0.6) is 11.6 Å². The molecule has 0 aliphatic rings. The lowest BCUT2D eigenvalue weighted by Crippen LogP contribution is -1.96. The molecule has 0 unspecified atom stereocenters. The fraction of sp³-hybridized carbons (Fsp3) is 0.167. The number of benzene rings is 1. The van der Waals surface area contributed by atoms with E-state index in [0.29, 0.717) is 22.6 Å². The number of aromatic nitrogens is 2. The van der Waals surface area contributed by atoms with Gasteiger partial charge in [0.15, 0.2) is 5.82 Å². The van der Waals surface area contributed by atoms with Gasteiger partial charge in [0, 0.05) is 6.07 Å². The first-order valence-corrected chi connectivity index (χ1v) is 5.34. The monoisotopic (exact) mass is 250 g/mol. The maximum absolute atomic E-state index is 5.90. The van der Waals surface area contributed by atoms with Crippen LogP contribution in [-0.4, -0.2) is 24.2 Å². The summed E-state index contributed by atoms with van der Waals surface area (Å²) in [5.41, 5.74) is 0.774. The Morgan fingerprint density at radius 1 is 1.06 bits per heavy atom. The maximum atomic E-state index is 5.90.